The number of para-hydroxylation sites is 1. The molecule has 5 aromatic rings. The summed E-state index contributed by atoms with van der Waals surface area (Å²) in [7, 11) is 1.56. The van der Waals surface area contributed by atoms with Crippen molar-refractivity contribution in [2.75, 3.05) is 22.8 Å². The summed E-state index contributed by atoms with van der Waals surface area (Å²) in [6, 6.07) is 32.5. The molecule has 3 fully saturated rings. The van der Waals surface area contributed by atoms with Crippen LogP contribution in [0.15, 0.2) is 121 Å². The molecule has 3 N–H and O–H groups in total. The maximum absolute atomic E-state index is 15.6. The molecular weight excluding hydrogens is 787 g/mol. The molecule has 9 rings (SSSR count). The Hall–Kier alpha value is -6.10. The lowest BCUT2D eigenvalue weighted by Crippen LogP contribution is -2.53. The highest BCUT2D eigenvalue weighted by Crippen LogP contribution is 2.64. The first-order valence-electron chi connectivity index (χ1n) is 19.5. The zero-order valence-corrected chi connectivity index (χ0v) is 33.9. The van der Waals surface area contributed by atoms with Gasteiger partial charge in [-0.15, -0.1) is 0 Å². The van der Waals surface area contributed by atoms with Crippen LogP contribution in [0.25, 0.3) is 0 Å². The van der Waals surface area contributed by atoms with Crippen molar-refractivity contribution in [1.82, 2.24) is 5.01 Å². The summed E-state index contributed by atoms with van der Waals surface area (Å²) in [6.07, 6.45) is 2.40. The maximum Gasteiger partial charge on any atom is 0.260 e. The first-order valence-corrected chi connectivity index (χ1v) is 20.2. The number of methoxy groups -OCH3 is 1. The van der Waals surface area contributed by atoms with Crippen molar-refractivity contribution < 1.29 is 29.0 Å². The van der Waals surface area contributed by atoms with E-state index in [1.807, 2.05) is 72.8 Å². The number of phenolic OH excluding ortho intramolecular Hbond substituents is 1. The van der Waals surface area contributed by atoms with Crippen LogP contribution in [0.5, 0.6) is 11.5 Å². The van der Waals surface area contributed by atoms with Gasteiger partial charge in [0.25, 0.3) is 11.8 Å². The van der Waals surface area contributed by atoms with Crippen molar-refractivity contribution in [3.8, 4) is 11.5 Å². The number of imide groups is 2. The van der Waals surface area contributed by atoms with Gasteiger partial charge in [-0.2, -0.15) is 5.01 Å². The smallest absolute Gasteiger partial charge is 0.260 e. The van der Waals surface area contributed by atoms with Crippen LogP contribution in [0.1, 0.15) is 41.0 Å². The van der Waals surface area contributed by atoms with Crippen LogP contribution in [0, 0.1) is 37.5 Å². The minimum absolute atomic E-state index is 0.121. The van der Waals surface area contributed by atoms with Crippen LogP contribution >= 0.6 is 23.2 Å². The Morgan fingerprint density at radius 1 is 0.780 bits per heavy atom. The molecule has 0 radical (unpaired) electrons. The van der Waals surface area contributed by atoms with Crippen molar-refractivity contribution in [2.45, 2.75) is 38.0 Å². The average molecular weight is 828 g/mol. The molecular formula is C47H40Cl2N4O6. The van der Waals surface area contributed by atoms with Gasteiger partial charge in [0, 0.05) is 22.3 Å². The number of rotatable bonds is 8. The number of phenols is 1. The number of allylic oxidation sites excluding steroid dienone is 2. The lowest BCUT2D eigenvalue weighted by molar-refractivity contribution is -0.138. The number of aryl methyl sites for hydroxylation is 2. The van der Waals surface area contributed by atoms with E-state index in [1.54, 1.807) is 57.4 Å². The molecule has 4 amide bonds. The monoisotopic (exact) mass is 826 g/mol. The second-order valence-electron chi connectivity index (χ2n) is 15.8. The highest BCUT2D eigenvalue weighted by molar-refractivity contribution is 6.36. The first-order chi connectivity index (χ1) is 28.4. The summed E-state index contributed by atoms with van der Waals surface area (Å²) in [4.78, 5) is 61.1. The van der Waals surface area contributed by atoms with E-state index >= 15 is 9.59 Å². The molecule has 12 heteroatoms. The van der Waals surface area contributed by atoms with Gasteiger partial charge in [0.15, 0.2) is 0 Å². The molecule has 2 saturated heterocycles. The summed E-state index contributed by atoms with van der Waals surface area (Å²) in [5.41, 5.74) is 7.27. The van der Waals surface area contributed by atoms with Gasteiger partial charge in [-0.25, -0.2) is 0 Å². The fourth-order valence-electron chi connectivity index (χ4n) is 10.0. The molecule has 2 aliphatic carbocycles. The third-order valence-electron chi connectivity index (χ3n) is 12.6. The third-order valence-corrected chi connectivity index (χ3v) is 13.2. The van der Waals surface area contributed by atoms with Crippen LogP contribution in [0.3, 0.4) is 0 Å². The summed E-state index contributed by atoms with van der Waals surface area (Å²) >= 11 is 12.8. The number of hydrogen-bond acceptors (Lipinski definition) is 8. The Bertz CT molecular complexity index is 2560. The van der Waals surface area contributed by atoms with Gasteiger partial charge in [-0.3, -0.25) is 29.5 Å². The highest BCUT2D eigenvalue weighted by Gasteiger charge is 2.70. The Morgan fingerprint density at radius 3 is 2.12 bits per heavy atom. The Labute approximate surface area is 351 Å². The maximum atomic E-state index is 15.6. The molecule has 4 aliphatic rings. The first kappa shape index (κ1) is 38.4. The molecule has 298 valence electrons. The van der Waals surface area contributed by atoms with E-state index in [2.05, 4.69) is 10.7 Å². The number of ether oxygens (including phenoxy) is 1. The van der Waals surface area contributed by atoms with E-state index < -0.39 is 46.8 Å². The third kappa shape index (κ3) is 6.07. The predicted molar refractivity (Wildman–Crippen MR) is 227 cm³/mol. The number of carbonyl (C=O) groups is 4. The van der Waals surface area contributed by atoms with Gasteiger partial charge in [0.1, 0.15) is 11.5 Å². The number of hydrazine groups is 1. The molecule has 5 aromatic carbocycles. The quantitative estimate of drug-likeness (QED) is 0.104. The van der Waals surface area contributed by atoms with Crippen molar-refractivity contribution in [3.63, 3.8) is 0 Å². The SMILES string of the molecule is COc1ccc(C23C(=O)N(Nc4ccc(Cl)cc4Cl)C(=O)C2CC2C(=CCC4C(=O)N(c5ccc(Nc6ccccc6)cc5)C(=O)C42)C3c2cc(C)c(O)c(C)c2)cc1. The van der Waals surface area contributed by atoms with Crippen LogP contribution in [0.2, 0.25) is 10.0 Å². The normalized spacial score (nSPS) is 24.7. The predicted octanol–water partition coefficient (Wildman–Crippen LogP) is 9.26. The van der Waals surface area contributed by atoms with Crippen molar-refractivity contribution in [2.24, 2.45) is 23.7 Å². The molecule has 1 saturated carbocycles. The summed E-state index contributed by atoms with van der Waals surface area (Å²) in [5.74, 6) is -4.71. The number of halogens is 2. The lowest BCUT2D eigenvalue weighted by Gasteiger charge is -2.50. The number of amides is 4. The van der Waals surface area contributed by atoms with Crippen molar-refractivity contribution in [3.05, 3.63) is 153 Å². The number of nitrogens with zero attached hydrogens (tertiary/aromatic N) is 2. The minimum Gasteiger partial charge on any atom is -0.507 e. The standard InChI is InChI=1S/C47H40Cl2N4O6/c1-25-21-27(22-26(2)42(25)54)41-34-18-19-35-40(45(57)52(43(35)55)32-14-12-31(13-15-32)50-30-7-5-4-6-8-30)36(34)24-37-44(56)53(51-39-20-11-29(48)23-38(39)49)46(58)47(37,41)28-9-16-33(59-3)17-10-28/h4-18,20-23,35-37,40-41,50-51,54H,19,24H2,1-3H3. The Balaban J connectivity index is 1.17. The second-order valence-corrected chi connectivity index (χ2v) is 16.6. The van der Waals surface area contributed by atoms with E-state index in [9.17, 15) is 14.7 Å². The minimum atomic E-state index is -1.52. The number of aromatic hydroxyl groups is 1. The second kappa shape index (κ2) is 14.6. The molecule has 2 heterocycles. The number of benzene rings is 5. The Morgan fingerprint density at radius 2 is 1.46 bits per heavy atom. The fraction of sp³-hybridized carbons (Fsp3) is 0.234. The lowest BCUT2D eigenvalue weighted by atomic mass is 9.49. The van der Waals surface area contributed by atoms with Crippen LogP contribution in [0.4, 0.5) is 22.7 Å². The molecule has 10 nitrogen and oxygen atoms in total. The zero-order chi connectivity index (χ0) is 41.3. The number of anilines is 4. The Kier molecular flexibility index (Phi) is 9.52. The van der Waals surface area contributed by atoms with Gasteiger partial charge in [0.05, 0.1) is 46.7 Å². The van der Waals surface area contributed by atoms with Crippen LogP contribution < -0.4 is 20.4 Å². The molecule has 0 bridgehead atoms. The van der Waals surface area contributed by atoms with Gasteiger partial charge >= 0.3 is 0 Å². The van der Waals surface area contributed by atoms with Gasteiger partial charge in [-0.05, 0) is 122 Å². The largest absolute Gasteiger partial charge is 0.507 e. The van der Waals surface area contributed by atoms with E-state index in [0.717, 1.165) is 22.0 Å². The average Bonchev–Trinajstić information content (AvgIpc) is 3.61. The number of fused-ring (bicyclic) bond motifs is 4. The van der Waals surface area contributed by atoms with E-state index in [-0.39, 0.29) is 35.4 Å². The summed E-state index contributed by atoms with van der Waals surface area (Å²) < 4.78 is 5.51. The fourth-order valence-corrected chi connectivity index (χ4v) is 10.5. The summed E-state index contributed by atoms with van der Waals surface area (Å²) in [6.45, 7) is 3.59. The highest BCUT2D eigenvalue weighted by atomic mass is 35.5. The molecule has 2 aliphatic heterocycles. The van der Waals surface area contributed by atoms with Crippen LogP contribution in [-0.2, 0) is 24.6 Å². The molecule has 59 heavy (non-hydrogen) atoms. The van der Waals surface area contributed by atoms with E-state index in [1.165, 1.54) is 11.0 Å². The molecule has 0 spiro atoms. The van der Waals surface area contributed by atoms with Gasteiger partial charge < -0.3 is 15.2 Å². The summed E-state index contributed by atoms with van der Waals surface area (Å²) in [5, 5.41) is 16.0. The van der Waals surface area contributed by atoms with Gasteiger partial charge in [0.2, 0.25) is 11.8 Å². The topological polar surface area (TPSA) is 128 Å². The zero-order valence-electron chi connectivity index (χ0n) is 32.4. The molecule has 6 atom stereocenters. The number of hydrogen-bond donors (Lipinski definition) is 3. The molecule has 6 unspecified atom stereocenters. The van der Waals surface area contributed by atoms with Crippen molar-refractivity contribution in [1.29, 1.82) is 0 Å². The van der Waals surface area contributed by atoms with E-state index in [4.69, 9.17) is 27.9 Å². The number of carbonyl (C=O) groups excluding carboxylic acids is 4. The van der Waals surface area contributed by atoms with Gasteiger partial charge in [-0.1, -0.05) is 77.3 Å². The van der Waals surface area contributed by atoms with Crippen molar-refractivity contribution >= 4 is 69.6 Å². The van der Waals surface area contributed by atoms with E-state index in [0.29, 0.717) is 44.4 Å². The molecule has 0 aromatic heterocycles. The number of nitrogens with one attached hydrogen (secondary N) is 2. The van der Waals surface area contributed by atoms with Crippen LogP contribution in [-0.4, -0.2) is 40.9 Å².